The molecule has 0 radical (unpaired) electrons. The van der Waals surface area contributed by atoms with Gasteiger partial charge in [0.25, 0.3) is 5.91 Å². The average molecular weight is 455 g/mol. The molecule has 0 aliphatic carbocycles. The molecule has 2 heterocycles. The molecule has 4 rings (SSSR count). The summed E-state index contributed by atoms with van der Waals surface area (Å²) in [5.74, 6) is 1.41. The minimum Gasteiger partial charge on any atom is -0.494 e. The molecule has 1 aliphatic heterocycles. The second-order valence-electron chi connectivity index (χ2n) is 7.93. The van der Waals surface area contributed by atoms with Gasteiger partial charge >= 0.3 is 0 Å². The lowest BCUT2D eigenvalue weighted by Gasteiger charge is -2.23. The number of thiazole rings is 1. The van der Waals surface area contributed by atoms with Crippen LogP contribution in [0.1, 0.15) is 49.4 Å². The van der Waals surface area contributed by atoms with Crippen molar-refractivity contribution < 1.29 is 19.0 Å². The molecule has 1 atom stereocenters. The Morgan fingerprint density at radius 3 is 2.78 bits per heavy atom. The molecule has 7 heteroatoms. The number of nitrogens with zero attached hydrogens (tertiary/aromatic N) is 2. The summed E-state index contributed by atoms with van der Waals surface area (Å²) in [5.41, 5.74) is 1.38. The molecule has 32 heavy (non-hydrogen) atoms. The molecule has 2 aromatic carbocycles. The van der Waals surface area contributed by atoms with Crippen LogP contribution in [0.4, 0.5) is 5.13 Å². The summed E-state index contributed by atoms with van der Waals surface area (Å²) in [6.45, 7) is 4.09. The van der Waals surface area contributed by atoms with E-state index in [-0.39, 0.29) is 12.0 Å². The van der Waals surface area contributed by atoms with Crippen LogP contribution in [0.5, 0.6) is 11.5 Å². The Kier molecular flexibility index (Phi) is 7.60. The number of amides is 1. The van der Waals surface area contributed by atoms with E-state index < -0.39 is 0 Å². The highest BCUT2D eigenvalue weighted by Crippen LogP contribution is 2.35. The van der Waals surface area contributed by atoms with Gasteiger partial charge in [-0.25, -0.2) is 4.98 Å². The zero-order chi connectivity index (χ0) is 22.3. The summed E-state index contributed by atoms with van der Waals surface area (Å²) in [4.78, 5) is 20.1. The second-order valence-corrected chi connectivity index (χ2v) is 8.94. The van der Waals surface area contributed by atoms with E-state index in [4.69, 9.17) is 19.2 Å². The van der Waals surface area contributed by atoms with Gasteiger partial charge in [-0.15, -0.1) is 0 Å². The first-order chi connectivity index (χ1) is 15.7. The molecule has 3 aromatic rings. The monoisotopic (exact) mass is 454 g/mol. The highest BCUT2D eigenvalue weighted by molar-refractivity contribution is 7.22. The molecule has 170 valence electrons. The average Bonchev–Trinajstić information content (AvgIpc) is 3.49. The number of methoxy groups -OCH3 is 1. The van der Waals surface area contributed by atoms with Gasteiger partial charge in [0.2, 0.25) is 0 Å². The fourth-order valence-electron chi connectivity index (χ4n) is 3.82. The smallest absolute Gasteiger partial charge is 0.260 e. The summed E-state index contributed by atoms with van der Waals surface area (Å²) >= 11 is 1.49. The fraction of sp³-hybridized carbons (Fsp3) is 0.440. The second kappa shape index (κ2) is 10.8. The number of hydrogen-bond acceptors (Lipinski definition) is 6. The first kappa shape index (κ1) is 22.6. The highest BCUT2D eigenvalue weighted by atomic mass is 32.1. The van der Waals surface area contributed by atoms with Crippen LogP contribution < -0.4 is 14.4 Å². The SMILES string of the molecule is CCCCCOc1ccc(C(=O)N(CC2CCCO2)c2nc3c(OC)cccc3s2)cc1. The number of anilines is 1. The molecular formula is C25H30N2O4S. The number of carbonyl (C=O) groups is 1. The molecular weight excluding hydrogens is 424 g/mol. The van der Waals surface area contributed by atoms with E-state index in [0.29, 0.717) is 29.6 Å². The third-order valence-electron chi connectivity index (χ3n) is 5.59. The Labute approximate surface area is 193 Å². The normalized spacial score (nSPS) is 15.8. The fourth-order valence-corrected chi connectivity index (χ4v) is 4.81. The largest absolute Gasteiger partial charge is 0.494 e. The number of ether oxygens (including phenoxy) is 3. The summed E-state index contributed by atoms with van der Waals surface area (Å²) in [6, 6.07) is 13.2. The Bertz CT molecular complexity index is 1030. The summed E-state index contributed by atoms with van der Waals surface area (Å²) in [7, 11) is 1.63. The number of unbranched alkanes of at least 4 members (excludes halogenated alkanes) is 2. The molecule has 0 bridgehead atoms. The molecule has 0 spiro atoms. The highest BCUT2D eigenvalue weighted by Gasteiger charge is 2.27. The lowest BCUT2D eigenvalue weighted by molar-refractivity contribution is 0.0917. The van der Waals surface area contributed by atoms with Crippen LogP contribution in [-0.2, 0) is 4.74 Å². The number of benzene rings is 2. The Balaban J connectivity index is 1.57. The van der Waals surface area contributed by atoms with Crippen molar-refractivity contribution in [3.8, 4) is 11.5 Å². The topological polar surface area (TPSA) is 60.9 Å². The Hall–Kier alpha value is -2.64. The van der Waals surface area contributed by atoms with Crippen LogP contribution in [0, 0.1) is 0 Å². The predicted octanol–water partition coefficient (Wildman–Crippen LogP) is 5.70. The van der Waals surface area contributed by atoms with Gasteiger partial charge < -0.3 is 14.2 Å². The first-order valence-electron chi connectivity index (χ1n) is 11.3. The lowest BCUT2D eigenvalue weighted by atomic mass is 10.1. The van der Waals surface area contributed by atoms with Gasteiger partial charge in [0.1, 0.15) is 17.0 Å². The number of rotatable bonds is 10. The molecule has 0 saturated carbocycles. The minimum absolute atomic E-state index is 0.0222. The summed E-state index contributed by atoms with van der Waals surface area (Å²) in [6.07, 6.45) is 5.34. The predicted molar refractivity (Wildman–Crippen MR) is 128 cm³/mol. The van der Waals surface area contributed by atoms with Crippen LogP contribution in [0.25, 0.3) is 10.2 Å². The minimum atomic E-state index is -0.0870. The Morgan fingerprint density at radius 2 is 2.06 bits per heavy atom. The quantitative estimate of drug-likeness (QED) is 0.368. The third kappa shape index (κ3) is 5.22. The molecule has 0 N–H and O–H groups in total. The van der Waals surface area contributed by atoms with Crippen LogP contribution >= 0.6 is 11.3 Å². The van der Waals surface area contributed by atoms with Crippen molar-refractivity contribution in [2.24, 2.45) is 0 Å². The van der Waals surface area contributed by atoms with Gasteiger partial charge in [-0.1, -0.05) is 37.2 Å². The van der Waals surface area contributed by atoms with Crippen LogP contribution in [0.15, 0.2) is 42.5 Å². The van der Waals surface area contributed by atoms with Gasteiger partial charge in [0.15, 0.2) is 5.13 Å². The number of carbonyl (C=O) groups excluding carboxylic acids is 1. The van der Waals surface area contributed by atoms with E-state index in [1.165, 1.54) is 11.3 Å². The number of aromatic nitrogens is 1. The maximum atomic E-state index is 13.5. The molecule has 1 saturated heterocycles. The number of fused-ring (bicyclic) bond motifs is 1. The van der Waals surface area contributed by atoms with Crippen molar-refractivity contribution in [3.05, 3.63) is 48.0 Å². The zero-order valence-electron chi connectivity index (χ0n) is 18.7. The van der Waals surface area contributed by atoms with E-state index in [9.17, 15) is 4.79 Å². The van der Waals surface area contributed by atoms with Crippen molar-refractivity contribution in [1.82, 2.24) is 4.98 Å². The van der Waals surface area contributed by atoms with Crippen molar-refractivity contribution in [3.63, 3.8) is 0 Å². The molecule has 1 aromatic heterocycles. The van der Waals surface area contributed by atoms with Gasteiger partial charge in [-0.3, -0.25) is 9.69 Å². The van der Waals surface area contributed by atoms with E-state index in [2.05, 4.69) is 6.92 Å². The van der Waals surface area contributed by atoms with Crippen molar-refractivity contribution in [2.75, 3.05) is 31.8 Å². The van der Waals surface area contributed by atoms with Crippen LogP contribution in [-0.4, -0.2) is 43.9 Å². The van der Waals surface area contributed by atoms with Gasteiger partial charge in [-0.05, 0) is 55.7 Å². The molecule has 1 aliphatic rings. The molecule has 1 unspecified atom stereocenters. The van der Waals surface area contributed by atoms with Crippen LogP contribution in [0.2, 0.25) is 0 Å². The van der Waals surface area contributed by atoms with E-state index in [0.717, 1.165) is 54.7 Å². The first-order valence-corrected chi connectivity index (χ1v) is 12.1. The van der Waals surface area contributed by atoms with E-state index in [1.807, 2.05) is 42.5 Å². The number of hydrogen-bond donors (Lipinski definition) is 0. The molecule has 1 fully saturated rings. The van der Waals surface area contributed by atoms with Crippen molar-refractivity contribution in [1.29, 1.82) is 0 Å². The summed E-state index contributed by atoms with van der Waals surface area (Å²) in [5, 5.41) is 0.657. The third-order valence-corrected chi connectivity index (χ3v) is 6.64. The van der Waals surface area contributed by atoms with Crippen molar-refractivity contribution in [2.45, 2.75) is 45.1 Å². The summed E-state index contributed by atoms with van der Waals surface area (Å²) < 4.78 is 18.1. The van der Waals surface area contributed by atoms with Crippen molar-refractivity contribution >= 4 is 32.6 Å². The van der Waals surface area contributed by atoms with E-state index in [1.54, 1.807) is 12.0 Å². The van der Waals surface area contributed by atoms with E-state index >= 15 is 0 Å². The Morgan fingerprint density at radius 1 is 1.22 bits per heavy atom. The van der Waals surface area contributed by atoms with Gasteiger partial charge in [0, 0.05) is 12.2 Å². The van der Waals surface area contributed by atoms with Crippen LogP contribution in [0.3, 0.4) is 0 Å². The standard InChI is InChI=1S/C25H30N2O4S/c1-3-4-5-15-30-19-13-11-18(12-14-19)24(28)27(17-20-8-7-16-31-20)25-26-23-21(29-2)9-6-10-22(23)32-25/h6,9-14,20H,3-5,7-8,15-17H2,1-2H3. The van der Waals surface area contributed by atoms with Gasteiger partial charge in [-0.2, -0.15) is 0 Å². The molecule has 1 amide bonds. The lowest BCUT2D eigenvalue weighted by Crippen LogP contribution is -2.37. The maximum Gasteiger partial charge on any atom is 0.260 e. The molecule has 6 nitrogen and oxygen atoms in total. The van der Waals surface area contributed by atoms with Gasteiger partial charge in [0.05, 0.1) is 31.1 Å². The maximum absolute atomic E-state index is 13.5. The zero-order valence-corrected chi connectivity index (χ0v) is 19.5. The number of para-hydroxylation sites is 1.